The van der Waals surface area contributed by atoms with Gasteiger partial charge in [-0.2, -0.15) is 0 Å². The maximum absolute atomic E-state index is 13.2. The highest BCUT2D eigenvalue weighted by Crippen LogP contribution is 2.30. The number of nitrogens with zero attached hydrogens (tertiary/aromatic N) is 4. The Kier molecular flexibility index (Phi) is 6.71. The Balaban J connectivity index is 1.66. The molecule has 10 nitrogen and oxygen atoms in total. The highest BCUT2D eigenvalue weighted by atomic mass is 16.5. The maximum Gasteiger partial charge on any atom is 0.296 e. The van der Waals surface area contributed by atoms with Gasteiger partial charge in [0.2, 0.25) is 23.5 Å². The van der Waals surface area contributed by atoms with E-state index in [1.807, 2.05) is 25.1 Å². The summed E-state index contributed by atoms with van der Waals surface area (Å²) in [4.78, 5) is 43.4. The third-order valence-corrected chi connectivity index (χ3v) is 6.05. The van der Waals surface area contributed by atoms with Gasteiger partial charge >= 0.3 is 0 Å². The third kappa shape index (κ3) is 4.89. The van der Waals surface area contributed by atoms with Crippen LogP contribution in [0.2, 0.25) is 0 Å². The minimum Gasteiger partial charge on any atom is -0.370 e. The van der Waals surface area contributed by atoms with Gasteiger partial charge in [0, 0.05) is 37.2 Å². The van der Waals surface area contributed by atoms with E-state index in [1.54, 1.807) is 9.47 Å². The summed E-state index contributed by atoms with van der Waals surface area (Å²) < 4.78 is 6.63. The van der Waals surface area contributed by atoms with Crippen LogP contribution >= 0.6 is 0 Å². The number of benzene rings is 1. The molecule has 1 aliphatic carbocycles. The molecule has 4 rings (SSSR count). The molecule has 0 atom stereocenters. The summed E-state index contributed by atoms with van der Waals surface area (Å²) in [5.41, 5.74) is 7.41. The third-order valence-electron chi connectivity index (χ3n) is 6.05. The van der Waals surface area contributed by atoms with Crippen LogP contribution in [0.1, 0.15) is 56.0 Å². The van der Waals surface area contributed by atoms with Crippen molar-refractivity contribution in [2.75, 3.05) is 16.8 Å². The van der Waals surface area contributed by atoms with Gasteiger partial charge in [0.15, 0.2) is 0 Å². The van der Waals surface area contributed by atoms with Gasteiger partial charge < -0.3 is 19.7 Å². The summed E-state index contributed by atoms with van der Waals surface area (Å²) in [6, 6.07) is 7.00. The van der Waals surface area contributed by atoms with Crippen LogP contribution in [-0.2, 0) is 16.1 Å². The average Bonchev–Trinajstić information content (AvgIpc) is 3.46. The van der Waals surface area contributed by atoms with Crippen molar-refractivity contribution in [2.45, 2.75) is 52.0 Å². The molecule has 3 N–H and O–H groups in total. The van der Waals surface area contributed by atoms with E-state index in [0.29, 0.717) is 17.6 Å². The Labute approximate surface area is 191 Å². The summed E-state index contributed by atoms with van der Waals surface area (Å²) in [6.45, 7) is 2.76. The minimum absolute atomic E-state index is 0.0411. The molecule has 3 aromatic rings. The number of carbonyl (C=O) groups excluding carboxylic acids is 3. The van der Waals surface area contributed by atoms with Crippen LogP contribution in [0.15, 0.2) is 35.0 Å². The quantitative estimate of drug-likeness (QED) is 0.539. The van der Waals surface area contributed by atoms with E-state index in [1.165, 1.54) is 18.7 Å². The molecule has 0 aliphatic heterocycles. The molecule has 1 aromatic carbocycles. The Morgan fingerprint density at radius 1 is 1.21 bits per heavy atom. The van der Waals surface area contributed by atoms with Crippen molar-refractivity contribution in [3.05, 3.63) is 36.2 Å². The monoisotopic (exact) mass is 452 g/mol. The van der Waals surface area contributed by atoms with E-state index in [2.05, 4.69) is 15.5 Å². The van der Waals surface area contributed by atoms with E-state index in [-0.39, 0.29) is 36.5 Å². The average molecular weight is 453 g/mol. The lowest BCUT2D eigenvalue weighted by molar-refractivity contribution is -0.123. The molecule has 0 spiro atoms. The molecule has 3 amide bonds. The number of aryl methyl sites for hydroxylation is 1. The lowest BCUT2D eigenvalue weighted by Gasteiger charge is -2.28. The van der Waals surface area contributed by atoms with E-state index in [4.69, 9.17) is 10.3 Å². The minimum atomic E-state index is -0.508. The fourth-order valence-electron chi connectivity index (χ4n) is 4.36. The molecule has 0 bridgehead atoms. The Hall–Kier alpha value is -3.69. The number of primary amides is 1. The summed E-state index contributed by atoms with van der Waals surface area (Å²) in [6.07, 6.45) is 6.68. The van der Waals surface area contributed by atoms with Gasteiger partial charge in [-0.3, -0.25) is 19.7 Å². The fourth-order valence-corrected chi connectivity index (χ4v) is 4.36. The summed E-state index contributed by atoms with van der Waals surface area (Å²) in [5, 5.41) is 6.25. The van der Waals surface area contributed by atoms with Crippen molar-refractivity contribution in [1.29, 1.82) is 0 Å². The smallest absolute Gasteiger partial charge is 0.296 e. The van der Waals surface area contributed by atoms with Crippen LogP contribution in [0, 0.1) is 5.92 Å². The molecule has 0 saturated heterocycles. The Bertz CT molecular complexity index is 1150. The van der Waals surface area contributed by atoms with Gasteiger partial charge in [0.25, 0.3) is 5.91 Å². The number of anilines is 2. The number of rotatable bonds is 8. The zero-order valence-electron chi connectivity index (χ0n) is 18.6. The second-order valence-electron chi connectivity index (χ2n) is 8.22. The predicted molar refractivity (Wildman–Crippen MR) is 123 cm³/mol. The lowest BCUT2D eigenvalue weighted by atomic mass is 9.88. The molecule has 10 heteroatoms. The van der Waals surface area contributed by atoms with Crippen molar-refractivity contribution in [2.24, 2.45) is 11.7 Å². The highest BCUT2D eigenvalue weighted by Gasteiger charge is 2.27. The fraction of sp³-hybridized carbons (Fsp3) is 0.435. The first-order valence-electron chi connectivity index (χ1n) is 11.3. The van der Waals surface area contributed by atoms with E-state index in [0.717, 1.165) is 31.4 Å². The van der Waals surface area contributed by atoms with Gasteiger partial charge in [-0.25, -0.2) is 4.98 Å². The van der Waals surface area contributed by atoms with Crippen LogP contribution in [0.4, 0.5) is 11.6 Å². The maximum atomic E-state index is 13.2. The molecule has 1 fully saturated rings. The molecular formula is C23H28N6O4. The Morgan fingerprint density at radius 2 is 2.00 bits per heavy atom. The van der Waals surface area contributed by atoms with Gasteiger partial charge in [-0.05, 0) is 38.0 Å². The van der Waals surface area contributed by atoms with Crippen molar-refractivity contribution in [3.63, 3.8) is 0 Å². The second kappa shape index (κ2) is 9.85. The van der Waals surface area contributed by atoms with Crippen LogP contribution in [-0.4, -0.2) is 39.0 Å². The van der Waals surface area contributed by atoms with Gasteiger partial charge in [0.1, 0.15) is 0 Å². The van der Waals surface area contributed by atoms with Crippen LogP contribution in [0.25, 0.3) is 11.0 Å². The van der Waals surface area contributed by atoms with E-state index in [9.17, 15) is 14.4 Å². The molecule has 33 heavy (non-hydrogen) atoms. The molecule has 0 unspecified atom stereocenters. The zero-order chi connectivity index (χ0) is 23.4. The molecule has 2 aromatic heterocycles. The highest BCUT2D eigenvalue weighted by molar-refractivity contribution is 6.02. The molecule has 2 heterocycles. The number of fused-ring (bicyclic) bond motifs is 1. The zero-order valence-corrected chi connectivity index (χ0v) is 18.6. The summed E-state index contributed by atoms with van der Waals surface area (Å²) >= 11 is 0. The standard InChI is InChI=1S/C23H28N6O4/c1-2-28(22(32)15-6-4-3-5-7-15)16-8-9-18-17(14-16)26-23(29(18)13-11-20(24)30)27-21(31)19-10-12-25-33-19/h8-10,12,14-15H,2-7,11,13H2,1H3,(H2,24,30)(H,26,27,31). The lowest BCUT2D eigenvalue weighted by Crippen LogP contribution is -2.37. The number of hydrogen-bond donors (Lipinski definition) is 2. The SMILES string of the molecule is CCN(C(=O)C1CCCCC1)c1ccc2c(c1)nc(NC(=O)c1ccno1)n2CCC(N)=O. The van der Waals surface area contributed by atoms with Crippen LogP contribution in [0.5, 0.6) is 0 Å². The molecule has 1 aliphatic rings. The first-order valence-corrected chi connectivity index (χ1v) is 11.3. The number of carbonyl (C=O) groups is 3. The number of amides is 3. The molecule has 174 valence electrons. The van der Waals surface area contributed by atoms with Crippen molar-refractivity contribution in [1.82, 2.24) is 14.7 Å². The van der Waals surface area contributed by atoms with E-state index >= 15 is 0 Å². The number of nitrogens with two attached hydrogens (primary N) is 1. The van der Waals surface area contributed by atoms with Crippen molar-refractivity contribution < 1.29 is 18.9 Å². The molecule has 0 radical (unpaired) electrons. The van der Waals surface area contributed by atoms with Crippen LogP contribution in [0.3, 0.4) is 0 Å². The van der Waals surface area contributed by atoms with Crippen molar-refractivity contribution in [3.8, 4) is 0 Å². The van der Waals surface area contributed by atoms with Crippen molar-refractivity contribution >= 4 is 40.4 Å². The van der Waals surface area contributed by atoms with Gasteiger partial charge in [-0.1, -0.05) is 24.4 Å². The number of hydrogen-bond acceptors (Lipinski definition) is 6. The van der Waals surface area contributed by atoms with Crippen LogP contribution < -0.4 is 16.0 Å². The Morgan fingerprint density at radius 3 is 2.67 bits per heavy atom. The number of imidazole rings is 1. The normalized spacial score (nSPS) is 14.3. The summed E-state index contributed by atoms with van der Waals surface area (Å²) in [7, 11) is 0. The number of aromatic nitrogens is 3. The first-order chi connectivity index (χ1) is 16.0. The number of nitrogens with one attached hydrogen (secondary N) is 1. The van der Waals surface area contributed by atoms with Gasteiger partial charge in [-0.15, -0.1) is 0 Å². The second-order valence-corrected chi connectivity index (χ2v) is 8.22. The summed E-state index contributed by atoms with van der Waals surface area (Å²) in [5.74, 6) is -0.476. The molecule has 1 saturated carbocycles. The molecular weight excluding hydrogens is 424 g/mol. The topological polar surface area (TPSA) is 136 Å². The van der Waals surface area contributed by atoms with Gasteiger partial charge in [0.05, 0.1) is 17.2 Å². The first kappa shape index (κ1) is 22.5. The largest absolute Gasteiger partial charge is 0.370 e. The predicted octanol–water partition coefficient (Wildman–Crippen LogP) is 3.09. The van der Waals surface area contributed by atoms with E-state index < -0.39 is 11.8 Å².